The first-order valence-electron chi connectivity index (χ1n) is 7.35. The second-order valence-electron chi connectivity index (χ2n) is 5.80. The molecule has 1 aromatic heterocycles. The summed E-state index contributed by atoms with van der Waals surface area (Å²) in [7, 11) is 4.14. The summed E-state index contributed by atoms with van der Waals surface area (Å²) < 4.78 is 2.04. The van der Waals surface area contributed by atoms with Crippen LogP contribution < -0.4 is 5.32 Å². The maximum absolute atomic E-state index is 6.38. The highest BCUT2D eigenvalue weighted by Gasteiger charge is 2.24. The van der Waals surface area contributed by atoms with E-state index in [1.165, 1.54) is 11.3 Å². The molecule has 3 rings (SSSR count). The van der Waals surface area contributed by atoms with Gasteiger partial charge in [0.2, 0.25) is 0 Å². The summed E-state index contributed by atoms with van der Waals surface area (Å²) in [6, 6.07) is 8.71. The molecule has 0 fully saturated rings. The van der Waals surface area contributed by atoms with Crippen LogP contribution in [0.4, 0.5) is 5.69 Å². The topological polar surface area (TPSA) is 33.1 Å². The zero-order chi connectivity index (χ0) is 14.8. The number of aromatic nitrogens is 2. The zero-order valence-corrected chi connectivity index (χ0v) is 13.3. The van der Waals surface area contributed by atoms with Crippen LogP contribution in [0.1, 0.15) is 23.7 Å². The number of anilines is 1. The Morgan fingerprint density at radius 3 is 3.00 bits per heavy atom. The van der Waals surface area contributed by atoms with Gasteiger partial charge in [0.15, 0.2) is 0 Å². The fourth-order valence-corrected chi connectivity index (χ4v) is 3.11. The summed E-state index contributed by atoms with van der Waals surface area (Å²) in [5, 5.41) is 8.80. The lowest BCUT2D eigenvalue weighted by molar-refractivity contribution is 0.366. The number of para-hydroxylation sites is 1. The van der Waals surface area contributed by atoms with Crippen molar-refractivity contribution in [2.75, 3.05) is 26.0 Å². The third kappa shape index (κ3) is 3.06. The highest BCUT2D eigenvalue weighted by atomic mass is 35.5. The Morgan fingerprint density at radius 2 is 2.19 bits per heavy atom. The van der Waals surface area contributed by atoms with Crippen molar-refractivity contribution in [3.63, 3.8) is 0 Å². The number of hydrogen-bond acceptors (Lipinski definition) is 3. The van der Waals surface area contributed by atoms with E-state index in [0.717, 1.165) is 36.6 Å². The van der Waals surface area contributed by atoms with Gasteiger partial charge in [0, 0.05) is 12.2 Å². The van der Waals surface area contributed by atoms with E-state index in [4.69, 9.17) is 11.6 Å². The molecule has 112 valence electrons. The summed E-state index contributed by atoms with van der Waals surface area (Å²) in [6.45, 7) is 1.81. The van der Waals surface area contributed by atoms with Crippen LogP contribution in [0.15, 0.2) is 30.5 Å². The smallest absolute Gasteiger partial charge is 0.0839 e. The Bertz CT molecular complexity index is 620. The molecule has 0 saturated carbocycles. The summed E-state index contributed by atoms with van der Waals surface area (Å²) in [6.07, 6.45) is 3.88. The van der Waals surface area contributed by atoms with E-state index in [1.807, 2.05) is 4.68 Å². The molecule has 5 heteroatoms. The molecule has 0 amide bonds. The van der Waals surface area contributed by atoms with Crippen molar-refractivity contribution in [3.05, 3.63) is 46.7 Å². The van der Waals surface area contributed by atoms with Crippen LogP contribution in [0.3, 0.4) is 0 Å². The molecule has 1 N–H and O–H groups in total. The maximum Gasteiger partial charge on any atom is 0.0839 e. The molecule has 1 aromatic carbocycles. The molecule has 0 bridgehead atoms. The van der Waals surface area contributed by atoms with Crippen molar-refractivity contribution >= 4 is 17.3 Å². The third-order valence-electron chi connectivity index (χ3n) is 3.97. The molecule has 0 spiro atoms. The minimum Gasteiger partial charge on any atom is -0.376 e. The Balaban J connectivity index is 1.83. The first-order chi connectivity index (χ1) is 10.1. The van der Waals surface area contributed by atoms with E-state index < -0.39 is 0 Å². The predicted molar refractivity (Wildman–Crippen MR) is 86.9 cm³/mol. The van der Waals surface area contributed by atoms with Gasteiger partial charge < -0.3 is 10.2 Å². The molecule has 1 unspecified atom stereocenters. The molecule has 2 aromatic rings. The van der Waals surface area contributed by atoms with Crippen LogP contribution in [0, 0.1) is 0 Å². The maximum atomic E-state index is 6.38. The third-order valence-corrected chi connectivity index (χ3v) is 4.26. The Hall–Kier alpha value is -1.52. The van der Waals surface area contributed by atoms with Gasteiger partial charge in [-0.15, -0.1) is 0 Å². The van der Waals surface area contributed by atoms with Crippen LogP contribution in [0.25, 0.3) is 0 Å². The first-order valence-corrected chi connectivity index (χ1v) is 7.73. The van der Waals surface area contributed by atoms with E-state index >= 15 is 0 Å². The van der Waals surface area contributed by atoms with Gasteiger partial charge in [-0.1, -0.05) is 29.8 Å². The molecule has 1 aliphatic rings. The van der Waals surface area contributed by atoms with E-state index in [-0.39, 0.29) is 6.04 Å². The zero-order valence-electron chi connectivity index (χ0n) is 12.5. The quantitative estimate of drug-likeness (QED) is 0.941. The lowest BCUT2D eigenvalue weighted by Gasteiger charge is -2.28. The van der Waals surface area contributed by atoms with Crippen molar-refractivity contribution in [2.24, 2.45) is 0 Å². The van der Waals surface area contributed by atoms with Gasteiger partial charge in [0.1, 0.15) is 0 Å². The second kappa shape index (κ2) is 6.08. The lowest BCUT2D eigenvalue weighted by Crippen LogP contribution is -2.25. The highest BCUT2D eigenvalue weighted by molar-refractivity contribution is 6.31. The van der Waals surface area contributed by atoms with Crippen LogP contribution in [-0.2, 0) is 13.0 Å². The molecule has 1 atom stereocenters. The highest BCUT2D eigenvalue weighted by Crippen LogP contribution is 2.35. The summed E-state index contributed by atoms with van der Waals surface area (Å²) in [5.74, 6) is 0. The summed E-state index contributed by atoms with van der Waals surface area (Å²) in [4.78, 5) is 2.16. The van der Waals surface area contributed by atoms with Gasteiger partial charge in [-0.25, -0.2) is 0 Å². The molecule has 21 heavy (non-hydrogen) atoms. The number of benzene rings is 1. The number of hydrogen-bond donors (Lipinski definition) is 1. The van der Waals surface area contributed by atoms with Gasteiger partial charge in [-0.05, 0) is 38.6 Å². The van der Waals surface area contributed by atoms with Gasteiger partial charge in [-0.3, -0.25) is 4.68 Å². The SMILES string of the molecule is CN(C)CCn1ncc(Cl)c1C1CCc2ccccc2N1. The van der Waals surface area contributed by atoms with Gasteiger partial charge in [0.25, 0.3) is 0 Å². The molecular formula is C16H21ClN4. The predicted octanol–water partition coefficient (Wildman–Crippen LogP) is 3.20. The van der Waals surface area contributed by atoms with E-state index in [2.05, 4.69) is 53.7 Å². The van der Waals surface area contributed by atoms with E-state index in [0.29, 0.717) is 0 Å². The number of rotatable bonds is 4. The van der Waals surface area contributed by atoms with E-state index in [9.17, 15) is 0 Å². The average molecular weight is 305 g/mol. The largest absolute Gasteiger partial charge is 0.376 e. The van der Waals surface area contributed by atoms with Crippen molar-refractivity contribution < 1.29 is 0 Å². The number of nitrogens with one attached hydrogen (secondary N) is 1. The average Bonchev–Trinajstić information content (AvgIpc) is 2.85. The minimum atomic E-state index is 0.233. The van der Waals surface area contributed by atoms with Crippen molar-refractivity contribution in [3.8, 4) is 0 Å². The number of halogens is 1. The monoisotopic (exact) mass is 304 g/mol. The summed E-state index contributed by atoms with van der Waals surface area (Å²) in [5.41, 5.74) is 3.70. The number of likely N-dealkylation sites (N-methyl/N-ethyl adjacent to an activating group) is 1. The number of nitrogens with zero attached hydrogens (tertiary/aromatic N) is 3. The van der Waals surface area contributed by atoms with Crippen molar-refractivity contribution in [1.82, 2.24) is 14.7 Å². The Morgan fingerprint density at radius 1 is 1.38 bits per heavy atom. The normalized spacial score (nSPS) is 17.6. The fraction of sp³-hybridized carbons (Fsp3) is 0.438. The molecule has 0 radical (unpaired) electrons. The van der Waals surface area contributed by atoms with Crippen molar-refractivity contribution in [2.45, 2.75) is 25.4 Å². The molecule has 0 aliphatic carbocycles. The van der Waals surface area contributed by atoms with Gasteiger partial charge in [0.05, 0.1) is 29.5 Å². The fourth-order valence-electron chi connectivity index (χ4n) is 2.84. The van der Waals surface area contributed by atoms with Crippen LogP contribution in [0.5, 0.6) is 0 Å². The second-order valence-corrected chi connectivity index (χ2v) is 6.20. The van der Waals surface area contributed by atoms with Crippen LogP contribution >= 0.6 is 11.6 Å². The molecule has 4 nitrogen and oxygen atoms in total. The Labute approximate surface area is 130 Å². The van der Waals surface area contributed by atoms with Gasteiger partial charge in [-0.2, -0.15) is 5.10 Å². The Kier molecular flexibility index (Phi) is 4.17. The number of fused-ring (bicyclic) bond motifs is 1. The van der Waals surface area contributed by atoms with E-state index in [1.54, 1.807) is 6.20 Å². The standard InChI is InChI=1S/C16H21ClN4/c1-20(2)9-10-21-16(13(17)11-18-21)15-8-7-12-5-3-4-6-14(12)19-15/h3-6,11,15,19H,7-10H2,1-2H3. The van der Waals surface area contributed by atoms with Crippen LogP contribution in [-0.4, -0.2) is 35.3 Å². The first kappa shape index (κ1) is 14.4. The van der Waals surface area contributed by atoms with Crippen LogP contribution in [0.2, 0.25) is 5.02 Å². The molecular weight excluding hydrogens is 284 g/mol. The molecule has 0 saturated heterocycles. The summed E-state index contributed by atoms with van der Waals surface area (Å²) >= 11 is 6.38. The lowest BCUT2D eigenvalue weighted by atomic mass is 9.96. The van der Waals surface area contributed by atoms with Crippen molar-refractivity contribution in [1.29, 1.82) is 0 Å². The van der Waals surface area contributed by atoms with Gasteiger partial charge >= 0.3 is 0 Å². The minimum absolute atomic E-state index is 0.233. The molecule has 2 heterocycles. The number of aryl methyl sites for hydroxylation is 1. The molecule has 1 aliphatic heterocycles.